The smallest absolute Gasteiger partial charge is 0.149 e. The fourth-order valence-electron chi connectivity index (χ4n) is 2.13. The first-order valence-corrected chi connectivity index (χ1v) is 6.03. The minimum absolute atomic E-state index is 0.370. The zero-order chi connectivity index (χ0) is 12.3. The van der Waals surface area contributed by atoms with Gasteiger partial charge in [-0.1, -0.05) is 0 Å². The number of ether oxygens (including phenoxy) is 1. The molecular formula is C12H20N4O. The van der Waals surface area contributed by atoms with Crippen LogP contribution in [0.3, 0.4) is 0 Å². The maximum absolute atomic E-state index is 5.68. The third kappa shape index (κ3) is 3.00. The van der Waals surface area contributed by atoms with Crippen molar-refractivity contribution in [3.8, 4) is 0 Å². The summed E-state index contributed by atoms with van der Waals surface area (Å²) in [5, 5.41) is 3.38. The molecule has 0 aliphatic carbocycles. The van der Waals surface area contributed by atoms with E-state index in [1.165, 1.54) is 0 Å². The molecule has 1 unspecified atom stereocenters. The maximum atomic E-state index is 5.68. The van der Waals surface area contributed by atoms with Crippen LogP contribution in [0.25, 0.3) is 0 Å². The Morgan fingerprint density at radius 2 is 2.06 bits per heavy atom. The molecule has 0 aromatic carbocycles. The highest BCUT2D eigenvalue weighted by atomic mass is 16.5. The Morgan fingerprint density at radius 1 is 1.35 bits per heavy atom. The number of nitrogens with two attached hydrogens (primary N) is 2. The highest BCUT2D eigenvalue weighted by Gasteiger charge is 2.20. The molecule has 5 N–H and O–H groups in total. The first-order valence-electron chi connectivity index (χ1n) is 6.03. The molecule has 2 rings (SSSR count). The molecule has 1 fully saturated rings. The third-order valence-electron chi connectivity index (χ3n) is 3.31. The number of anilines is 3. The van der Waals surface area contributed by atoms with Gasteiger partial charge in [-0.2, -0.15) is 0 Å². The van der Waals surface area contributed by atoms with E-state index in [0.717, 1.165) is 31.9 Å². The minimum Gasteiger partial charge on any atom is -0.396 e. The van der Waals surface area contributed by atoms with Crippen molar-refractivity contribution in [1.29, 1.82) is 0 Å². The van der Waals surface area contributed by atoms with Crippen LogP contribution >= 0.6 is 0 Å². The summed E-state index contributed by atoms with van der Waals surface area (Å²) in [5.74, 6) is 1.80. The van der Waals surface area contributed by atoms with E-state index in [9.17, 15) is 0 Å². The second-order valence-corrected chi connectivity index (χ2v) is 4.55. The third-order valence-corrected chi connectivity index (χ3v) is 3.31. The van der Waals surface area contributed by atoms with Crippen molar-refractivity contribution in [2.24, 2.45) is 5.92 Å². The average molecular weight is 236 g/mol. The summed E-state index contributed by atoms with van der Waals surface area (Å²) in [5.41, 5.74) is 11.8. The van der Waals surface area contributed by atoms with Crippen LogP contribution in [0.2, 0.25) is 0 Å². The quantitative estimate of drug-likeness (QED) is 0.740. The van der Waals surface area contributed by atoms with Gasteiger partial charge in [0.15, 0.2) is 0 Å². The molecule has 5 nitrogen and oxygen atoms in total. The SMILES string of the molecule is CC(Nc1ccc(N)c(N)n1)C1CCOCC1. The number of hydrogen-bond acceptors (Lipinski definition) is 5. The van der Waals surface area contributed by atoms with Crippen LogP contribution in [0.5, 0.6) is 0 Å². The molecule has 5 heteroatoms. The van der Waals surface area contributed by atoms with Crippen molar-refractivity contribution in [3.05, 3.63) is 12.1 Å². The van der Waals surface area contributed by atoms with E-state index in [4.69, 9.17) is 16.2 Å². The van der Waals surface area contributed by atoms with E-state index in [2.05, 4.69) is 17.2 Å². The van der Waals surface area contributed by atoms with Crippen LogP contribution in [-0.2, 0) is 4.74 Å². The number of pyridine rings is 1. The number of aromatic nitrogens is 1. The van der Waals surface area contributed by atoms with Crippen LogP contribution in [0.1, 0.15) is 19.8 Å². The summed E-state index contributed by atoms with van der Waals surface area (Å²) in [4.78, 5) is 4.22. The normalized spacial score (nSPS) is 18.9. The van der Waals surface area contributed by atoms with E-state index in [0.29, 0.717) is 23.5 Å². The predicted octanol–water partition coefficient (Wildman–Crippen LogP) is 1.47. The summed E-state index contributed by atoms with van der Waals surface area (Å²) < 4.78 is 5.35. The Bertz CT molecular complexity index is 377. The van der Waals surface area contributed by atoms with E-state index >= 15 is 0 Å². The molecule has 0 radical (unpaired) electrons. The van der Waals surface area contributed by atoms with E-state index in [1.807, 2.05) is 6.07 Å². The summed E-state index contributed by atoms with van der Waals surface area (Å²) in [7, 11) is 0. The topological polar surface area (TPSA) is 86.2 Å². The monoisotopic (exact) mass is 236 g/mol. The molecule has 1 aromatic rings. The number of nitrogens with one attached hydrogen (secondary N) is 1. The van der Waals surface area contributed by atoms with Crippen LogP contribution in [0.4, 0.5) is 17.3 Å². The number of hydrogen-bond donors (Lipinski definition) is 3. The van der Waals surface area contributed by atoms with Gasteiger partial charge in [0, 0.05) is 19.3 Å². The van der Waals surface area contributed by atoms with Crippen molar-refractivity contribution in [2.75, 3.05) is 30.0 Å². The lowest BCUT2D eigenvalue weighted by atomic mass is 9.93. The summed E-state index contributed by atoms with van der Waals surface area (Å²) in [6, 6.07) is 4.01. The summed E-state index contributed by atoms with van der Waals surface area (Å²) in [6.45, 7) is 3.88. The fraction of sp³-hybridized carbons (Fsp3) is 0.583. The van der Waals surface area contributed by atoms with Gasteiger partial charge < -0.3 is 21.5 Å². The van der Waals surface area contributed by atoms with Crippen LogP contribution < -0.4 is 16.8 Å². The van der Waals surface area contributed by atoms with Crippen molar-refractivity contribution < 1.29 is 4.74 Å². The van der Waals surface area contributed by atoms with Gasteiger partial charge in [-0.15, -0.1) is 0 Å². The van der Waals surface area contributed by atoms with E-state index in [1.54, 1.807) is 6.07 Å². The van der Waals surface area contributed by atoms with Crippen LogP contribution in [0.15, 0.2) is 12.1 Å². The Hall–Kier alpha value is -1.49. The standard InChI is InChI=1S/C12H20N4O/c1-8(9-4-6-17-7-5-9)15-11-3-2-10(13)12(14)16-11/h2-3,8-9H,4-7,13H2,1H3,(H3,14,15,16). The molecule has 0 saturated carbocycles. The van der Waals surface area contributed by atoms with Crippen molar-refractivity contribution in [2.45, 2.75) is 25.8 Å². The highest BCUT2D eigenvalue weighted by molar-refractivity contribution is 5.61. The Balaban J connectivity index is 1.96. The van der Waals surface area contributed by atoms with Gasteiger partial charge in [0.05, 0.1) is 5.69 Å². The van der Waals surface area contributed by atoms with Gasteiger partial charge in [0.2, 0.25) is 0 Å². The van der Waals surface area contributed by atoms with E-state index in [-0.39, 0.29) is 0 Å². The minimum atomic E-state index is 0.370. The first kappa shape index (κ1) is 12.0. The lowest BCUT2D eigenvalue weighted by Crippen LogP contribution is -2.31. The van der Waals surface area contributed by atoms with Gasteiger partial charge in [0.25, 0.3) is 0 Å². The average Bonchev–Trinajstić information content (AvgIpc) is 2.35. The zero-order valence-corrected chi connectivity index (χ0v) is 10.1. The van der Waals surface area contributed by atoms with Crippen molar-refractivity contribution in [1.82, 2.24) is 4.98 Å². The number of nitrogens with zero attached hydrogens (tertiary/aromatic N) is 1. The van der Waals surface area contributed by atoms with Crippen LogP contribution in [-0.4, -0.2) is 24.2 Å². The zero-order valence-electron chi connectivity index (χ0n) is 10.1. The van der Waals surface area contributed by atoms with Gasteiger partial charge in [0.1, 0.15) is 11.6 Å². The molecule has 0 amide bonds. The van der Waals surface area contributed by atoms with Gasteiger partial charge >= 0.3 is 0 Å². The predicted molar refractivity (Wildman–Crippen MR) is 69.7 cm³/mol. The van der Waals surface area contributed by atoms with Gasteiger partial charge in [-0.25, -0.2) is 4.98 Å². The fourth-order valence-corrected chi connectivity index (χ4v) is 2.13. The molecule has 1 saturated heterocycles. The molecule has 1 aliphatic rings. The number of rotatable bonds is 3. The second kappa shape index (κ2) is 5.23. The molecule has 1 aliphatic heterocycles. The van der Waals surface area contributed by atoms with Crippen molar-refractivity contribution in [3.63, 3.8) is 0 Å². The molecule has 0 bridgehead atoms. The highest BCUT2D eigenvalue weighted by Crippen LogP contribution is 2.22. The first-order chi connectivity index (χ1) is 8.16. The largest absolute Gasteiger partial charge is 0.396 e. The maximum Gasteiger partial charge on any atom is 0.149 e. The second-order valence-electron chi connectivity index (χ2n) is 4.55. The molecule has 94 valence electrons. The molecule has 17 heavy (non-hydrogen) atoms. The van der Waals surface area contributed by atoms with Crippen LogP contribution in [0, 0.1) is 5.92 Å². The Morgan fingerprint density at radius 3 is 2.71 bits per heavy atom. The Kier molecular flexibility index (Phi) is 3.68. The van der Waals surface area contributed by atoms with Crippen molar-refractivity contribution >= 4 is 17.3 Å². The van der Waals surface area contributed by atoms with Gasteiger partial charge in [-0.05, 0) is 37.8 Å². The van der Waals surface area contributed by atoms with E-state index < -0.39 is 0 Å². The molecular weight excluding hydrogens is 216 g/mol. The lowest BCUT2D eigenvalue weighted by molar-refractivity contribution is 0.0622. The molecule has 1 atom stereocenters. The summed E-state index contributed by atoms with van der Waals surface area (Å²) in [6.07, 6.45) is 2.19. The van der Waals surface area contributed by atoms with Gasteiger partial charge in [-0.3, -0.25) is 0 Å². The summed E-state index contributed by atoms with van der Waals surface area (Å²) >= 11 is 0. The molecule has 0 spiro atoms. The Labute approximate surface area is 102 Å². The molecule has 2 heterocycles. The molecule has 1 aromatic heterocycles. The number of nitrogen functional groups attached to an aromatic ring is 2. The lowest BCUT2D eigenvalue weighted by Gasteiger charge is -2.28.